The van der Waals surface area contributed by atoms with E-state index < -0.39 is 18.9 Å². The number of anilines is 1. The Morgan fingerprint density at radius 2 is 2.04 bits per heavy atom. The summed E-state index contributed by atoms with van der Waals surface area (Å²) in [7, 11) is 0. The molecule has 1 aliphatic heterocycles. The van der Waals surface area contributed by atoms with Crippen molar-refractivity contribution in [2.75, 3.05) is 25.0 Å². The number of alkyl halides is 3. The Kier molecular flexibility index (Phi) is 6.26. The maximum absolute atomic E-state index is 12.3. The van der Waals surface area contributed by atoms with Gasteiger partial charge in [-0.25, -0.2) is 9.78 Å². The molecule has 2 amide bonds. The highest BCUT2D eigenvalue weighted by molar-refractivity contribution is 7.13. The molecule has 1 aromatic heterocycles. The fourth-order valence-electron chi connectivity index (χ4n) is 2.38. The van der Waals surface area contributed by atoms with Crippen molar-refractivity contribution in [3.05, 3.63) is 11.1 Å². The first-order valence-electron chi connectivity index (χ1n) is 7.90. The summed E-state index contributed by atoms with van der Waals surface area (Å²) in [4.78, 5) is 29.3. The highest BCUT2D eigenvalue weighted by Crippen LogP contribution is 2.24. The molecule has 0 spiro atoms. The van der Waals surface area contributed by atoms with E-state index in [1.54, 1.807) is 0 Å². The first-order valence-corrected chi connectivity index (χ1v) is 8.78. The standard InChI is InChI=1S/C15H20F3N3O3S/c1-9(2)11-7-25-13(19-11)20-12(22)10-3-5-21(6-4-10)14(23)24-8-15(16,17)18/h7,9-10H,3-6,8H2,1-2H3,(H,19,20,22). The number of ether oxygens (including phenoxy) is 1. The van der Waals surface area contributed by atoms with Crippen molar-refractivity contribution in [2.45, 2.75) is 38.8 Å². The number of piperidine rings is 1. The van der Waals surface area contributed by atoms with Crippen LogP contribution in [0.1, 0.15) is 38.3 Å². The molecule has 25 heavy (non-hydrogen) atoms. The number of thiazole rings is 1. The number of rotatable bonds is 4. The first-order chi connectivity index (χ1) is 11.7. The van der Waals surface area contributed by atoms with Gasteiger partial charge in [-0.15, -0.1) is 11.3 Å². The molecule has 0 bridgehead atoms. The number of nitrogens with zero attached hydrogens (tertiary/aromatic N) is 2. The van der Waals surface area contributed by atoms with Crippen molar-refractivity contribution in [3.63, 3.8) is 0 Å². The normalized spacial score (nSPS) is 16.2. The molecule has 1 aromatic rings. The number of carbonyl (C=O) groups is 2. The van der Waals surface area contributed by atoms with Gasteiger partial charge in [-0.2, -0.15) is 13.2 Å². The number of hydrogen-bond donors (Lipinski definition) is 1. The molecular formula is C15H20F3N3O3S. The third-order valence-electron chi connectivity index (χ3n) is 3.83. The number of amides is 2. The van der Waals surface area contributed by atoms with Crippen LogP contribution in [-0.2, 0) is 9.53 Å². The van der Waals surface area contributed by atoms with Gasteiger partial charge in [-0.3, -0.25) is 4.79 Å². The number of likely N-dealkylation sites (tertiary alicyclic amines) is 1. The predicted octanol–water partition coefficient (Wildman–Crippen LogP) is 3.62. The van der Waals surface area contributed by atoms with Gasteiger partial charge < -0.3 is 15.0 Å². The van der Waals surface area contributed by atoms with Crippen molar-refractivity contribution in [2.24, 2.45) is 5.92 Å². The van der Waals surface area contributed by atoms with E-state index in [0.29, 0.717) is 18.0 Å². The van der Waals surface area contributed by atoms with E-state index >= 15 is 0 Å². The van der Waals surface area contributed by atoms with Crippen LogP contribution < -0.4 is 5.32 Å². The van der Waals surface area contributed by atoms with Crippen LogP contribution >= 0.6 is 11.3 Å². The summed E-state index contributed by atoms with van der Waals surface area (Å²) in [6.45, 7) is 2.78. The van der Waals surface area contributed by atoms with Gasteiger partial charge in [0.15, 0.2) is 11.7 Å². The number of hydrogen-bond acceptors (Lipinski definition) is 5. The largest absolute Gasteiger partial charge is 0.440 e. The van der Waals surface area contributed by atoms with Crippen LogP contribution in [0.15, 0.2) is 5.38 Å². The van der Waals surface area contributed by atoms with Gasteiger partial charge in [0.05, 0.1) is 5.69 Å². The average Bonchev–Trinajstić information content (AvgIpc) is 3.01. The van der Waals surface area contributed by atoms with E-state index in [9.17, 15) is 22.8 Å². The van der Waals surface area contributed by atoms with Crippen LogP contribution in [0.4, 0.5) is 23.1 Å². The molecule has 140 valence electrons. The number of carbonyl (C=O) groups excluding carboxylic acids is 2. The van der Waals surface area contributed by atoms with E-state index in [4.69, 9.17) is 0 Å². The van der Waals surface area contributed by atoms with E-state index in [0.717, 1.165) is 5.69 Å². The third-order valence-corrected chi connectivity index (χ3v) is 4.60. The fraction of sp³-hybridized carbons (Fsp3) is 0.667. The van der Waals surface area contributed by atoms with Crippen molar-refractivity contribution in [1.29, 1.82) is 0 Å². The molecular weight excluding hydrogens is 359 g/mol. The summed E-state index contributed by atoms with van der Waals surface area (Å²) in [5.74, 6) is -0.223. The summed E-state index contributed by atoms with van der Waals surface area (Å²) >= 11 is 1.35. The van der Waals surface area contributed by atoms with Gasteiger partial charge >= 0.3 is 12.3 Å². The molecule has 1 fully saturated rings. The number of halogens is 3. The van der Waals surface area contributed by atoms with Crippen LogP contribution in [0.5, 0.6) is 0 Å². The Morgan fingerprint density at radius 1 is 1.40 bits per heavy atom. The van der Waals surface area contributed by atoms with Crippen LogP contribution in [0.2, 0.25) is 0 Å². The zero-order valence-corrected chi connectivity index (χ0v) is 14.7. The molecule has 0 unspecified atom stereocenters. The van der Waals surface area contributed by atoms with Crippen molar-refractivity contribution >= 4 is 28.5 Å². The molecule has 10 heteroatoms. The van der Waals surface area contributed by atoms with Crippen molar-refractivity contribution < 1.29 is 27.5 Å². The van der Waals surface area contributed by atoms with Gasteiger partial charge in [-0.05, 0) is 18.8 Å². The maximum Gasteiger partial charge on any atom is 0.422 e. The lowest BCUT2D eigenvalue weighted by molar-refractivity contribution is -0.162. The topological polar surface area (TPSA) is 71.5 Å². The summed E-state index contributed by atoms with van der Waals surface area (Å²) in [6.07, 6.45) is -4.81. The van der Waals surface area contributed by atoms with Crippen molar-refractivity contribution in [3.8, 4) is 0 Å². The Balaban J connectivity index is 1.78. The smallest absolute Gasteiger partial charge is 0.422 e. The van der Waals surface area contributed by atoms with Gasteiger partial charge in [0.1, 0.15) is 0 Å². The zero-order chi connectivity index (χ0) is 18.6. The summed E-state index contributed by atoms with van der Waals surface area (Å²) in [5.41, 5.74) is 0.905. The number of aromatic nitrogens is 1. The van der Waals surface area contributed by atoms with Crippen LogP contribution in [0.3, 0.4) is 0 Å². The molecule has 2 rings (SSSR count). The van der Waals surface area contributed by atoms with Crippen molar-refractivity contribution in [1.82, 2.24) is 9.88 Å². The Morgan fingerprint density at radius 3 is 2.56 bits per heavy atom. The minimum Gasteiger partial charge on any atom is -0.440 e. The van der Waals surface area contributed by atoms with Crippen LogP contribution in [-0.4, -0.2) is 47.8 Å². The first kappa shape index (κ1) is 19.5. The number of nitrogens with one attached hydrogen (secondary N) is 1. The molecule has 1 aliphatic rings. The highest BCUT2D eigenvalue weighted by atomic mass is 32.1. The highest BCUT2D eigenvalue weighted by Gasteiger charge is 2.33. The molecule has 0 saturated carbocycles. The molecule has 1 N–H and O–H groups in total. The minimum atomic E-state index is -4.55. The third kappa shape index (κ3) is 5.87. The molecule has 1 saturated heterocycles. The molecule has 2 heterocycles. The lowest BCUT2D eigenvalue weighted by Gasteiger charge is -2.30. The van der Waals surface area contributed by atoms with E-state index in [1.165, 1.54) is 16.2 Å². The Labute approximate surface area is 147 Å². The summed E-state index contributed by atoms with van der Waals surface area (Å²) in [6, 6.07) is 0. The summed E-state index contributed by atoms with van der Waals surface area (Å²) in [5, 5.41) is 5.18. The second-order valence-electron chi connectivity index (χ2n) is 6.15. The average molecular weight is 379 g/mol. The van der Waals surface area contributed by atoms with Gasteiger partial charge in [0, 0.05) is 24.4 Å². The molecule has 0 atom stereocenters. The van der Waals surface area contributed by atoms with Gasteiger partial charge in [0.2, 0.25) is 5.91 Å². The molecule has 0 radical (unpaired) electrons. The fourth-order valence-corrected chi connectivity index (χ4v) is 3.25. The Hall–Kier alpha value is -1.84. The zero-order valence-electron chi connectivity index (χ0n) is 13.9. The lowest BCUT2D eigenvalue weighted by Crippen LogP contribution is -2.42. The Bertz CT molecular complexity index is 611. The van der Waals surface area contributed by atoms with Gasteiger partial charge in [0.25, 0.3) is 0 Å². The summed E-state index contributed by atoms with van der Waals surface area (Å²) < 4.78 is 40.4. The monoisotopic (exact) mass is 379 g/mol. The van der Waals surface area contributed by atoms with E-state index in [1.807, 2.05) is 19.2 Å². The van der Waals surface area contributed by atoms with Crippen LogP contribution in [0, 0.1) is 5.92 Å². The SMILES string of the molecule is CC(C)c1csc(NC(=O)C2CCN(C(=O)OCC(F)(F)F)CC2)n1. The molecule has 6 nitrogen and oxygen atoms in total. The van der Waals surface area contributed by atoms with Gasteiger partial charge in [-0.1, -0.05) is 13.8 Å². The maximum atomic E-state index is 12.3. The minimum absolute atomic E-state index is 0.184. The van der Waals surface area contributed by atoms with Crippen LogP contribution in [0.25, 0.3) is 0 Å². The molecule has 0 aromatic carbocycles. The lowest BCUT2D eigenvalue weighted by atomic mass is 9.96. The quantitative estimate of drug-likeness (QED) is 0.867. The molecule has 0 aliphatic carbocycles. The van der Waals surface area contributed by atoms with E-state index in [-0.39, 0.29) is 30.8 Å². The second kappa shape index (κ2) is 8.03. The van der Waals surface area contributed by atoms with E-state index in [2.05, 4.69) is 15.0 Å². The second-order valence-corrected chi connectivity index (χ2v) is 7.01. The predicted molar refractivity (Wildman–Crippen MR) is 86.5 cm³/mol.